The van der Waals surface area contributed by atoms with E-state index >= 15 is 0 Å². The van der Waals surface area contributed by atoms with Gasteiger partial charge in [-0.2, -0.15) is 13.2 Å². The number of hydrogen-bond donors (Lipinski definition) is 1. The maximum absolute atomic E-state index is 12.4. The Balaban J connectivity index is 2.16. The van der Waals surface area contributed by atoms with Gasteiger partial charge in [0.05, 0.1) is 11.3 Å². The molecule has 0 aromatic carbocycles. The molecule has 98 valence electrons. The van der Waals surface area contributed by atoms with Gasteiger partial charge in [-0.05, 0) is 43.4 Å². The summed E-state index contributed by atoms with van der Waals surface area (Å²) in [6.07, 6.45) is 1.24. The predicted octanol–water partition coefficient (Wildman–Crippen LogP) is 3.63. The lowest BCUT2D eigenvalue weighted by molar-refractivity contribution is -0.137. The van der Waals surface area contributed by atoms with Crippen molar-refractivity contribution >= 4 is 0 Å². The first-order valence-electron chi connectivity index (χ1n) is 5.88. The van der Waals surface area contributed by atoms with Crippen LogP contribution in [0.3, 0.4) is 0 Å². The number of pyridine rings is 1. The molecule has 2 nitrogen and oxygen atoms in total. The third kappa shape index (κ3) is 2.90. The molecule has 1 aromatic rings. The largest absolute Gasteiger partial charge is 0.417 e. The lowest BCUT2D eigenvalue weighted by Gasteiger charge is -2.18. The third-order valence-electron chi connectivity index (χ3n) is 3.07. The molecule has 1 aliphatic rings. The molecule has 5 heteroatoms. The maximum atomic E-state index is 12.4. The Morgan fingerprint density at radius 2 is 2.00 bits per heavy atom. The summed E-state index contributed by atoms with van der Waals surface area (Å²) in [5.41, 5.74) is 0.334. The molecule has 1 heterocycles. The lowest BCUT2D eigenvalue weighted by Crippen LogP contribution is -2.09. The Bertz CT molecular complexity index is 437. The van der Waals surface area contributed by atoms with Gasteiger partial charge >= 0.3 is 6.18 Å². The fraction of sp³-hybridized carbons (Fsp3) is 0.462. The molecule has 0 amide bonds. The van der Waals surface area contributed by atoms with Gasteiger partial charge in [-0.3, -0.25) is 4.98 Å². The van der Waals surface area contributed by atoms with Crippen LogP contribution in [0.25, 0.3) is 0 Å². The minimum absolute atomic E-state index is 0.274. The first-order chi connectivity index (χ1) is 8.48. The first kappa shape index (κ1) is 13.1. The molecule has 0 saturated heterocycles. The molecular weight excluding hydrogens is 243 g/mol. The summed E-state index contributed by atoms with van der Waals surface area (Å²) in [5.74, 6) is 0. The van der Waals surface area contributed by atoms with Crippen molar-refractivity contribution in [2.75, 3.05) is 0 Å². The summed E-state index contributed by atoms with van der Waals surface area (Å²) >= 11 is 0. The van der Waals surface area contributed by atoms with Crippen molar-refractivity contribution in [2.24, 2.45) is 0 Å². The highest BCUT2D eigenvalue weighted by atomic mass is 19.4. The van der Waals surface area contributed by atoms with Gasteiger partial charge in [0, 0.05) is 6.20 Å². The van der Waals surface area contributed by atoms with E-state index in [1.165, 1.54) is 6.07 Å². The minimum Gasteiger partial charge on any atom is -0.382 e. The predicted molar refractivity (Wildman–Crippen MR) is 60.7 cm³/mol. The minimum atomic E-state index is -4.39. The van der Waals surface area contributed by atoms with E-state index in [-0.39, 0.29) is 5.69 Å². The van der Waals surface area contributed by atoms with Crippen molar-refractivity contribution in [2.45, 2.75) is 38.0 Å². The maximum Gasteiger partial charge on any atom is 0.417 e. The van der Waals surface area contributed by atoms with E-state index in [4.69, 9.17) is 0 Å². The van der Waals surface area contributed by atoms with Gasteiger partial charge in [-0.1, -0.05) is 6.08 Å². The second-order valence-corrected chi connectivity index (χ2v) is 4.40. The van der Waals surface area contributed by atoms with E-state index in [9.17, 15) is 18.3 Å². The number of alkyl halides is 3. The molecule has 0 fully saturated rings. The number of aromatic nitrogens is 1. The number of aliphatic hydroxyl groups excluding tert-OH is 1. The van der Waals surface area contributed by atoms with Gasteiger partial charge in [-0.15, -0.1) is 0 Å². The second kappa shape index (κ2) is 5.10. The van der Waals surface area contributed by atoms with Gasteiger partial charge in [0.15, 0.2) is 0 Å². The van der Waals surface area contributed by atoms with E-state index < -0.39 is 17.8 Å². The number of hydrogen-bond acceptors (Lipinski definition) is 2. The highest BCUT2D eigenvalue weighted by molar-refractivity contribution is 5.24. The van der Waals surface area contributed by atoms with Crippen LogP contribution in [0.1, 0.15) is 43.0 Å². The average Bonchev–Trinajstić information content (AvgIpc) is 2.38. The van der Waals surface area contributed by atoms with Crippen LogP contribution in [0.15, 0.2) is 30.0 Å². The number of aliphatic hydroxyl groups is 1. The van der Waals surface area contributed by atoms with Gasteiger partial charge < -0.3 is 5.11 Å². The summed E-state index contributed by atoms with van der Waals surface area (Å²) < 4.78 is 37.1. The fourth-order valence-electron chi connectivity index (χ4n) is 2.04. The van der Waals surface area contributed by atoms with E-state index in [0.29, 0.717) is 0 Å². The molecule has 2 rings (SSSR count). The van der Waals surface area contributed by atoms with Crippen LogP contribution < -0.4 is 0 Å². The standard InChI is InChI=1S/C13H14F3NO/c14-13(15,16)10-6-7-11(17-8-10)12(18)9-4-2-1-3-5-9/h4,6-8,12,18H,1-3,5H2. The molecule has 0 aliphatic heterocycles. The highest BCUT2D eigenvalue weighted by Crippen LogP contribution is 2.31. The third-order valence-corrected chi connectivity index (χ3v) is 3.07. The van der Waals surface area contributed by atoms with Crippen LogP contribution in [0.2, 0.25) is 0 Å². The van der Waals surface area contributed by atoms with E-state index in [1.54, 1.807) is 0 Å². The van der Waals surface area contributed by atoms with Crippen LogP contribution in [-0.4, -0.2) is 10.1 Å². The molecular formula is C13H14F3NO. The van der Waals surface area contributed by atoms with Gasteiger partial charge in [0.25, 0.3) is 0 Å². The van der Waals surface area contributed by atoms with Gasteiger partial charge in [0.2, 0.25) is 0 Å². The average molecular weight is 257 g/mol. The van der Waals surface area contributed by atoms with Crippen molar-refractivity contribution in [1.82, 2.24) is 4.98 Å². The Morgan fingerprint density at radius 1 is 1.22 bits per heavy atom. The summed E-state index contributed by atoms with van der Waals surface area (Å²) in [6.45, 7) is 0. The molecule has 0 bridgehead atoms. The topological polar surface area (TPSA) is 33.1 Å². The molecule has 0 spiro atoms. The zero-order valence-corrected chi connectivity index (χ0v) is 9.74. The van der Waals surface area contributed by atoms with Crippen LogP contribution in [0.4, 0.5) is 13.2 Å². The molecule has 1 aliphatic carbocycles. The number of nitrogens with zero attached hydrogens (tertiary/aromatic N) is 1. The van der Waals surface area contributed by atoms with Crippen molar-refractivity contribution in [3.8, 4) is 0 Å². The normalized spacial score (nSPS) is 18.3. The zero-order chi connectivity index (χ0) is 13.2. The SMILES string of the molecule is OC(C1=CCCCC1)c1ccc(C(F)(F)F)cn1. The number of rotatable bonds is 2. The van der Waals surface area contributed by atoms with Crippen LogP contribution in [0, 0.1) is 0 Å². The smallest absolute Gasteiger partial charge is 0.382 e. The molecule has 0 saturated carbocycles. The zero-order valence-electron chi connectivity index (χ0n) is 9.74. The summed E-state index contributed by atoms with van der Waals surface area (Å²) in [5, 5.41) is 10.0. The second-order valence-electron chi connectivity index (χ2n) is 4.40. The molecule has 18 heavy (non-hydrogen) atoms. The Kier molecular flexibility index (Phi) is 3.71. The Labute approximate surface area is 103 Å². The van der Waals surface area contributed by atoms with Crippen LogP contribution in [-0.2, 0) is 6.18 Å². The van der Waals surface area contributed by atoms with E-state index in [1.807, 2.05) is 6.08 Å². The molecule has 0 radical (unpaired) electrons. The van der Waals surface area contributed by atoms with Crippen LogP contribution in [0.5, 0.6) is 0 Å². The number of halogens is 3. The highest BCUT2D eigenvalue weighted by Gasteiger charge is 2.31. The lowest BCUT2D eigenvalue weighted by atomic mass is 9.94. The van der Waals surface area contributed by atoms with Crippen molar-refractivity contribution in [1.29, 1.82) is 0 Å². The summed E-state index contributed by atoms with van der Waals surface area (Å²) in [6, 6.07) is 2.19. The van der Waals surface area contributed by atoms with Gasteiger partial charge in [0.1, 0.15) is 6.10 Å². The summed E-state index contributed by atoms with van der Waals surface area (Å²) in [4.78, 5) is 3.71. The molecule has 1 N–H and O–H groups in total. The molecule has 1 unspecified atom stereocenters. The molecule has 1 atom stereocenters. The van der Waals surface area contributed by atoms with Crippen LogP contribution >= 0.6 is 0 Å². The fourth-order valence-corrected chi connectivity index (χ4v) is 2.04. The van der Waals surface area contributed by atoms with Gasteiger partial charge in [-0.25, -0.2) is 0 Å². The monoisotopic (exact) mass is 257 g/mol. The Morgan fingerprint density at radius 3 is 2.50 bits per heavy atom. The van der Waals surface area contributed by atoms with E-state index in [2.05, 4.69) is 4.98 Å². The molecule has 1 aromatic heterocycles. The Hall–Kier alpha value is -1.36. The van der Waals surface area contributed by atoms with Crippen molar-refractivity contribution in [3.05, 3.63) is 41.2 Å². The van der Waals surface area contributed by atoms with Crippen molar-refractivity contribution < 1.29 is 18.3 Å². The quantitative estimate of drug-likeness (QED) is 0.820. The summed E-state index contributed by atoms with van der Waals surface area (Å²) in [7, 11) is 0. The first-order valence-corrected chi connectivity index (χ1v) is 5.88. The number of allylic oxidation sites excluding steroid dienone is 1. The van der Waals surface area contributed by atoms with E-state index in [0.717, 1.165) is 43.5 Å². The van der Waals surface area contributed by atoms with Crippen molar-refractivity contribution in [3.63, 3.8) is 0 Å².